The Kier molecular flexibility index (Phi) is 2.21. The maximum atomic E-state index is 5.83. The van der Waals surface area contributed by atoms with Crippen molar-refractivity contribution in [3.05, 3.63) is 35.3 Å². The molecule has 0 aliphatic carbocycles. The monoisotopic (exact) mass is 208 g/mol. The number of imidazole rings is 1. The summed E-state index contributed by atoms with van der Waals surface area (Å²) in [6.07, 6.45) is 3.56. The first-order valence-electron chi connectivity index (χ1n) is 4.18. The van der Waals surface area contributed by atoms with Crippen molar-refractivity contribution in [1.29, 1.82) is 0 Å². The van der Waals surface area contributed by atoms with Crippen molar-refractivity contribution in [3.8, 4) is 5.82 Å². The van der Waals surface area contributed by atoms with Crippen LogP contribution in [-0.2, 0) is 0 Å². The van der Waals surface area contributed by atoms with Crippen LogP contribution in [0.15, 0.2) is 18.5 Å². The Hall–Kier alpha value is -1.42. The molecule has 0 saturated heterocycles. The van der Waals surface area contributed by atoms with Gasteiger partial charge in [0.15, 0.2) is 0 Å². The Morgan fingerprint density at radius 3 is 2.64 bits per heavy atom. The van der Waals surface area contributed by atoms with Crippen molar-refractivity contribution in [1.82, 2.24) is 19.5 Å². The van der Waals surface area contributed by atoms with Gasteiger partial charge in [0.25, 0.3) is 0 Å². The molecule has 0 bridgehead atoms. The van der Waals surface area contributed by atoms with E-state index in [1.165, 1.54) is 0 Å². The molecule has 5 heteroatoms. The topological polar surface area (TPSA) is 43.6 Å². The number of nitrogens with zero attached hydrogens (tertiary/aromatic N) is 4. The van der Waals surface area contributed by atoms with E-state index >= 15 is 0 Å². The Balaban J connectivity index is 2.57. The Labute approximate surface area is 86.6 Å². The molecule has 4 nitrogen and oxygen atoms in total. The van der Waals surface area contributed by atoms with Gasteiger partial charge in [-0.2, -0.15) is 0 Å². The average Bonchev–Trinajstić information content (AvgIpc) is 2.49. The second-order valence-electron chi connectivity index (χ2n) is 2.94. The van der Waals surface area contributed by atoms with Crippen LogP contribution >= 0.6 is 11.6 Å². The van der Waals surface area contributed by atoms with Crippen LogP contribution in [0.4, 0.5) is 0 Å². The average molecular weight is 209 g/mol. The smallest absolute Gasteiger partial charge is 0.143 e. The summed E-state index contributed by atoms with van der Waals surface area (Å²) in [5.41, 5.74) is 0. The van der Waals surface area contributed by atoms with Gasteiger partial charge in [-0.25, -0.2) is 15.0 Å². The van der Waals surface area contributed by atoms with Gasteiger partial charge in [-0.1, -0.05) is 11.6 Å². The summed E-state index contributed by atoms with van der Waals surface area (Å²) in [6, 6.07) is 1.71. The predicted molar refractivity (Wildman–Crippen MR) is 53.6 cm³/mol. The van der Waals surface area contributed by atoms with E-state index in [1.807, 2.05) is 24.6 Å². The standard InChI is InChI=1S/C9H9ClN4/c1-6-12-8(10)5-9(13-6)14-4-3-11-7(14)2/h3-5H,1-2H3. The zero-order valence-electron chi connectivity index (χ0n) is 7.90. The van der Waals surface area contributed by atoms with Gasteiger partial charge in [0.05, 0.1) is 0 Å². The lowest BCUT2D eigenvalue weighted by atomic mass is 10.5. The molecule has 14 heavy (non-hydrogen) atoms. The lowest BCUT2D eigenvalue weighted by Gasteiger charge is -2.04. The molecular formula is C9H9ClN4. The third kappa shape index (κ3) is 1.61. The van der Waals surface area contributed by atoms with Crippen LogP contribution in [0.1, 0.15) is 11.6 Å². The van der Waals surface area contributed by atoms with E-state index in [2.05, 4.69) is 15.0 Å². The second-order valence-corrected chi connectivity index (χ2v) is 3.33. The summed E-state index contributed by atoms with van der Waals surface area (Å²) in [5.74, 6) is 2.28. The van der Waals surface area contributed by atoms with E-state index in [4.69, 9.17) is 11.6 Å². The quantitative estimate of drug-likeness (QED) is 0.673. The van der Waals surface area contributed by atoms with Gasteiger partial charge < -0.3 is 0 Å². The summed E-state index contributed by atoms with van der Waals surface area (Å²) in [7, 11) is 0. The van der Waals surface area contributed by atoms with Gasteiger partial charge in [-0.05, 0) is 13.8 Å². The van der Waals surface area contributed by atoms with Crippen LogP contribution < -0.4 is 0 Å². The van der Waals surface area contributed by atoms with Gasteiger partial charge in [0.2, 0.25) is 0 Å². The van der Waals surface area contributed by atoms with Crippen LogP contribution in [0.3, 0.4) is 0 Å². The van der Waals surface area contributed by atoms with Crippen molar-refractivity contribution >= 4 is 11.6 Å². The zero-order valence-corrected chi connectivity index (χ0v) is 8.65. The number of halogens is 1. The second kappa shape index (κ2) is 3.38. The normalized spacial score (nSPS) is 10.5. The van der Waals surface area contributed by atoms with Crippen LogP contribution in [0.5, 0.6) is 0 Å². The lowest BCUT2D eigenvalue weighted by molar-refractivity contribution is 0.899. The molecule has 0 N–H and O–H groups in total. The van der Waals surface area contributed by atoms with Crippen molar-refractivity contribution in [2.45, 2.75) is 13.8 Å². The number of rotatable bonds is 1. The van der Waals surface area contributed by atoms with E-state index in [0.717, 1.165) is 11.6 Å². The predicted octanol–water partition coefficient (Wildman–Crippen LogP) is 1.93. The van der Waals surface area contributed by atoms with Gasteiger partial charge in [0.1, 0.15) is 22.6 Å². The van der Waals surface area contributed by atoms with Gasteiger partial charge in [-0.15, -0.1) is 0 Å². The molecule has 2 rings (SSSR count). The molecule has 0 aliphatic rings. The van der Waals surface area contributed by atoms with Crippen molar-refractivity contribution in [2.24, 2.45) is 0 Å². The Morgan fingerprint density at radius 1 is 1.29 bits per heavy atom. The molecule has 0 saturated carbocycles. The van der Waals surface area contributed by atoms with Crippen molar-refractivity contribution < 1.29 is 0 Å². The molecule has 0 radical (unpaired) electrons. The SMILES string of the molecule is Cc1nc(Cl)cc(-n2ccnc2C)n1. The summed E-state index contributed by atoms with van der Waals surface area (Å²) < 4.78 is 1.86. The minimum absolute atomic E-state index is 0.445. The molecule has 0 amide bonds. The molecule has 2 aromatic heterocycles. The molecule has 0 aromatic carbocycles. The van der Waals surface area contributed by atoms with E-state index in [1.54, 1.807) is 12.3 Å². The molecule has 0 atom stereocenters. The van der Waals surface area contributed by atoms with Gasteiger partial charge in [-0.3, -0.25) is 4.57 Å². The maximum Gasteiger partial charge on any atom is 0.143 e. The minimum atomic E-state index is 0.445. The summed E-state index contributed by atoms with van der Waals surface area (Å²) >= 11 is 5.83. The van der Waals surface area contributed by atoms with Crippen LogP contribution in [-0.4, -0.2) is 19.5 Å². The summed E-state index contributed by atoms with van der Waals surface area (Å²) in [6.45, 7) is 3.72. The third-order valence-electron chi connectivity index (χ3n) is 1.87. The largest absolute Gasteiger partial charge is 0.288 e. The number of aromatic nitrogens is 4. The highest BCUT2D eigenvalue weighted by atomic mass is 35.5. The lowest BCUT2D eigenvalue weighted by Crippen LogP contribution is -2.01. The Bertz CT molecular complexity index is 443. The van der Waals surface area contributed by atoms with Crippen LogP contribution in [0, 0.1) is 13.8 Å². The van der Waals surface area contributed by atoms with Gasteiger partial charge in [0, 0.05) is 18.5 Å². The fourth-order valence-electron chi connectivity index (χ4n) is 1.26. The first-order chi connectivity index (χ1) is 6.66. The number of hydrogen-bond donors (Lipinski definition) is 0. The minimum Gasteiger partial charge on any atom is -0.288 e. The molecule has 0 unspecified atom stereocenters. The van der Waals surface area contributed by atoms with Crippen molar-refractivity contribution in [3.63, 3.8) is 0 Å². The highest BCUT2D eigenvalue weighted by Crippen LogP contribution is 2.12. The third-order valence-corrected chi connectivity index (χ3v) is 2.06. The molecule has 72 valence electrons. The van der Waals surface area contributed by atoms with E-state index in [9.17, 15) is 0 Å². The summed E-state index contributed by atoms with van der Waals surface area (Å²) in [4.78, 5) is 12.4. The molecular weight excluding hydrogens is 200 g/mol. The first kappa shape index (κ1) is 9.15. The molecule has 0 aliphatic heterocycles. The molecule has 0 fully saturated rings. The van der Waals surface area contributed by atoms with Crippen molar-refractivity contribution in [2.75, 3.05) is 0 Å². The number of hydrogen-bond acceptors (Lipinski definition) is 3. The zero-order chi connectivity index (χ0) is 10.1. The Morgan fingerprint density at radius 2 is 2.07 bits per heavy atom. The highest BCUT2D eigenvalue weighted by Gasteiger charge is 2.04. The van der Waals surface area contributed by atoms with E-state index < -0.39 is 0 Å². The van der Waals surface area contributed by atoms with Crippen LogP contribution in [0.2, 0.25) is 5.15 Å². The first-order valence-corrected chi connectivity index (χ1v) is 4.56. The fraction of sp³-hybridized carbons (Fsp3) is 0.222. The maximum absolute atomic E-state index is 5.83. The summed E-state index contributed by atoms with van der Waals surface area (Å²) in [5, 5.41) is 0.445. The van der Waals surface area contributed by atoms with Crippen LogP contribution in [0.25, 0.3) is 5.82 Å². The molecule has 2 heterocycles. The fourth-order valence-corrected chi connectivity index (χ4v) is 1.48. The molecule has 2 aromatic rings. The highest BCUT2D eigenvalue weighted by molar-refractivity contribution is 6.29. The molecule has 0 spiro atoms. The van der Waals surface area contributed by atoms with Gasteiger partial charge >= 0.3 is 0 Å². The number of aryl methyl sites for hydroxylation is 2. The van der Waals surface area contributed by atoms with E-state index in [-0.39, 0.29) is 0 Å². The van der Waals surface area contributed by atoms with E-state index in [0.29, 0.717) is 11.0 Å².